The fourth-order valence-electron chi connectivity index (χ4n) is 5.87. The van der Waals surface area contributed by atoms with Crippen molar-refractivity contribution < 1.29 is 14.6 Å². The van der Waals surface area contributed by atoms with E-state index in [0.29, 0.717) is 13.0 Å². The second-order valence-corrected chi connectivity index (χ2v) is 10.0. The van der Waals surface area contributed by atoms with Crippen molar-refractivity contribution in [3.05, 3.63) is 64.3 Å². The van der Waals surface area contributed by atoms with Gasteiger partial charge in [0.1, 0.15) is 5.75 Å². The van der Waals surface area contributed by atoms with E-state index in [9.17, 15) is 9.90 Å². The Kier molecular flexibility index (Phi) is 6.32. The molecule has 0 radical (unpaired) electrons. The summed E-state index contributed by atoms with van der Waals surface area (Å²) in [6.07, 6.45) is 2.34. The van der Waals surface area contributed by atoms with E-state index < -0.39 is 0 Å². The molecule has 2 aromatic carbocycles. The number of likely N-dealkylation sites (tertiary alicyclic amines) is 1. The summed E-state index contributed by atoms with van der Waals surface area (Å²) in [5, 5.41) is 12.3. The Bertz CT molecular complexity index is 1180. The second-order valence-electron chi connectivity index (χ2n) is 9.58. The number of nitrogens with zero attached hydrogens (tertiary/aromatic N) is 2. The van der Waals surface area contributed by atoms with E-state index in [2.05, 4.69) is 28.1 Å². The van der Waals surface area contributed by atoms with Crippen molar-refractivity contribution >= 4 is 28.4 Å². The molecule has 2 N–H and O–H groups in total. The van der Waals surface area contributed by atoms with E-state index in [4.69, 9.17) is 16.3 Å². The van der Waals surface area contributed by atoms with E-state index in [1.54, 1.807) is 7.11 Å². The summed E-state index contributed by atoms with van der Waals surface area (Å²) in [4.78, 5) is 20.9. The summed E-state index contributed by atoms with van der Waals surface area (Å²) in [5.74, 6) is 0.879. The number of methoxy groups -OCH3 is 1. The van der Waals surface area contributed by atoms with Gasteiger partial charge in [0, 0.05) is 52.6 Å². The fourth-order valence-corrected chi connectivity index (χ4v) is 5.99. The first-order valence-electron chi connectivity index (χ1n) is 12.0. The molecule has 1 atom stereocenters. The van der Waals surface area contributed by atoms with Crippen LogP contribution in [-0.4, -0.2) is 59.1 Å². The van der Waals surface area contributed by atoms with Gasteiger partial charge in [-0.1, -0.05) is 30.7 Å². The van der Waals surface area contributed by atoms with Gasteiger partial charge < -0.3 is 19.7 Å². The number of aromatic amines is 1. The minimum Gasteiger partial charge on any atom is -0.497 e. The molecule has 1 amide bonds. The van der Waals surface area contributed by atoms with Crippen LogP contribution >= 0.6 is 11.6 Å². The number of amides is 1. The summed E-state index contributed by atoms with van der Waals surface area (Å²) < 4.78 is 5.45. The van der Waals surface area contributed by atoms with Crippen LogP contribution in [0.2, 0.25) is 5.02 Å². The molecule has 3 heterocycles. The van der Waals surface area contributed by atoms with Crippen LogP contribution in [0.5, 0.6) is 5.75 Å². The number of aliphatic hydroxyl groups excluding tert-OH is 1. The first-order chi connectivity index (χ1) is 16.5. The van der Waals surface area contributed by atoms with Crippen LogP contribution in [0.15, 0.2) is 42.5 Å². The number of H-pyrrole nitrogens is 1. The number of fused-ring (bicyclic) bond motifs is 4. The molecule has 2 aliphatic heterocycles. The molecule has 0 bridgehead atoms. The number of nitrogens with one attached hydrogen (secondary N) is 1. The lowest BCUT2D eigenvalue weighted by atomic mass is 9.68. The number of aromatic nitrogens is 1. The number of piperidine rings is 1. The highest BCUT2D eigenvalue weighted by atomic mass is 35.5. The van der Waals surface area contributed by atoms with Crippen molar-refractivity contribution in [2.24, 2.45) is 0 Å². The number of ether oxygens (including phenoxy) is 1. The van der Waals surface area contributed by atoms with E-state index in [1.165, 1.54) is 16.5 Å². The van der Waals surface area contributed by atoms with Crippen molar-refractivity contribution in [2.75, 3.05) is 33.4 Å². The summed E-state index contributed by atoms with van der Waals surface area (Å²) >= 11 is 6.06. The van der Waals surface area contributed by atoms with Crippen molar-refractivity contribution in [1.82, 2.24) is 14.8 Å². The average molecular weight is 482 g/mol. The number of halogens is 1. The molecule has 2 aliphatic rings. The number of hydrogen-bond acceptors (Lipinski definition) is 4. The molecular formula is C27H32ClN3O3. The molecule has 1 spiro atoms. The van der Waals surface area contributed by atoms with E-state index in [-0.39, 0.29) is 24.0 Å². The predicted octanol–water partition coefficient (Wildman–Crippen LogP) is 4.65. The molecule has 7 heteroatoms. The van der Waals surface area contributed by atoms with Crippen LogP contribution < -0.4 is 4.74 Å². The third kappa shape index (κ3) is 3.98. The topological polar surface area (TPSA) is 68.8 Å². The quantitative estimate of drug-likeness (QED) is 0.556. The van der Waals surface area contributed by atoms with E-state index in [0.717, 1.165) is 54.5 Å². The Morgan fingerprint density at radius 3 is 2.59 bits per heavy atom. The number of hydrogen-bond donors (Lipinski definition) is 2. The maximum absolute atomic E-state index is 13.0. The standard InChI is InChI=1S/C27H32ClN3O3/c1-3-24(33)31-17-27(10-12-30(13-11-27)15-18-4-6-19(28)7-5-18)25-21-9-8-20(34-2)14-22(21)29-26(25)23(31)16-32/h4-9,14,23,29,32H,3,10-13,15-17H2,1-2H3/t23-/m0/s1. The molecule has 0 aliphatic carbocycles. The molecule has 1 aromatic heterocycles. The zero-order chi connectivity index (χ0) is 23.9. The highest BCUT2D eigenvalue weighted by Crippen LogP contribution is 2.49. The lowest BCUT2D eigenvalue weighted by Gasteiger charge is -2.50. The highest BCUT2D eigenvalue weighted by Gasteiger charge is 2.48. The second kappa shape index (κ2) is 9.25. The van der Waals surface area contributed by atoms with Crippen LogP contribution in [0, 0.1) is 0 Å². The molecule has 34 heavy (non-hydrogen) atoms. The van der Waals surface area contributed by atoms with Gasteiger partial charge in [0.05, 0.1) is 19.8 Å². The van der Waals surface area contributed by atoms with Crippen molar-refractivity contribution in [3.63, 3.8) is 0 Å². The number of aliphatic hydroxyl groups is 1. The molecular weight excluding hydrogens is 450 g/mol. The van der Waals surface area contributed by atoms with Crippen LogP contribution in [0.3, 0.4) is 0 Å². The monoisotopic (exact) mass is 481 g/mol. The molecule has 0 unspecified atom stereocenters. The van der Waals surface area contributed by atoms with E-state index >= 15 is 0 Å². The Balaban J connectivity index is 1.51. The number of rotatable bonds is 5. The number of carbonyl (C=O) groups is 1. The van der Waals surface area contributed by atoms with Gasteiger partial charge in [-0.2, -0.15) is 0 Å². The molecule has 1 fully saturated rings. The van der Waals surface area contributed by atoms with Gasteiger partial charge in [0.25, 0.3) is 0 Å². The van der Waals surface area contributed by atoms with Gasteiger partial charge in [-0.15, -0.1) is 0 Å². The van der Waals surface area contributed by atoms with Crippen LogP contribution in [0.1, 0.15) is 49.0 Å². The largest absolute Gasteiger partial charge is 0.497 e. The van der Waals surface area contributed by atoms with Crippen molar-refractivity contribution in [3.8, 4) is 5.75 Å². The van der Waals surface area contributed by atoms with Gasteiger partial charge in [-0.05, 0) is 61.3 Å². The molecule has 5 rings (SSSR count). The average Bonchev–Trinajstić information content (AvgIpc) is 3.25. The summed E-state index contributed by atoms with van der Waals surface area (Å²) in [6, 6.07) is 13.8. The molecule has 180 valence electrons. The van der Waals surface area contributed by atoms with Gasteiger partial charge in [0.2, 0.25) is 5.91 Å². The van der Waals surface area contributed by atoms with Gasteiger partial charge in [-0.25, -0.2) is 0 Å². The third-order valence-corrected chi connectivity index (χ3v) is 7.93. The molecule has 1 saturated heterocycles. The Hall–Kier alpha value is -2.54. The normalized spacial score (nSPS) is 20.0. The highest BCUT2D eigenvalue weighted by molar-refractivity contribution is 6.30. The first kappa shape index (κ1) is 23.2. The lowest BCUT2D eigenvalue weighted by molar-refractivity contribution is -0.137. The summed E-state index contributed by atoms with van der Waals surface area (Å²) in [7, 11) is 1.67. The molecule has 3 aromatic rings. The first-order valence-corrected chi connectivity index (χ1v) is 12.4. The minimum atomic E-state index is -0.349. The van der Waals surface area contributed by atoms with E-state index in [1.807, 2.05) is 36.1 Å². The van der Waals surface area contributed by atoms with Gasteiger partial charge in [-0.3, -0.25) is 9.69 Å². The van der Waals surface area contributed by atoms with Crippen molar-refractivity contribution in [2.45, 2.75) is 44.2 Å². The molecule has 0 saturated carbocycles. The number of benzene rings is 2. The zero-order valence-electron chi connectivity index (χ0n) is 19.8. The third-order valence-electron chi connectivity index (χ3n) is 7.68. The maximum atomic E-state index is 13.0. The van der Waals surface area contributed by atoms with Crippen molar-refractivity contribution in [1.29, 1.82) is 0 Å². The summed E-state index contributed by atoms with van der Waals surface area (Å²) in [5.41, 5.74) is 4.36. The fraction of sp³-hybridized carbons (Fsp3) is 0.444. The van der Waals surface area contributed by atoms with Crippen LogP contribution in [0.25, 0.3) is 10.9 Å². The lowest BCUT2D eigenvalue weighted by Crippen LogP contribution is -2.55. The number of carbonyl (C=O) groups excluding carboxylic acids is 1. The maximum Gasteiger partial charge on any atom is 0.222 e. The van der Waals surface area contributed by atoms with Crippen LogP contribution in [-0.2, 0) is 16.8 Å². The zero-order valence-corrected chi connectivity index (χ0v) is 20.6. The predicted molar refractivity (Wildman–Crippen MR) is 134 cm³/mol. The Labute approximate surface area is 205 Å². The molecule has 6 nitrogen and oxygen atoms in total. The minimum absolute atomic E-state index is 0.0869. The SMILES string of the molecule is CCC(=O)N1CC2(CCN(Cc3ccc(Cl)cc3)CC2)c2c([nH]c3cc(OC)ccc23)[C@@H]1CO. The Morgan fingerprint density at radius 2 is 1.94 bits per heavy atom. The van der Waals surface area contributed by atoms with Gasteiger partial charge >= 0.3 is 0 Å². The van der Waals surface area contributed by atoms with Gasteiger partial charge in [0.15, 0.2) is 0 Å². The van der Waals surface area contributed by atoms with Crippen LogP contribution in [0.4, 0.5) is 0 Å². The Morgan fingerprint density at radius 1 is 1.21 bits per heavy atom. The summed E-state index contributed by atoms with van der Waals surface area (Å²) in [6.45, 7) is 5.23. The smallest absolute Gasteiger partial charge is 0.222 e.